The van der Waals surface area contributed by atoms with Crippen LogP contribution >= 0.6 is 11.6 Å². The topological polar surface area (TPSA) is 49.3 Å². The highest BCUT2D eigenvalue weighted by Crippen LogP contribution is 2.49. The molecule has 2 aromatic rings. The lowest BCUT2D eigenvalue weighted by Gasteiger charge is -2.08. The molecule has 0 heterocycles. The van der Waals surface area contributed by atoms with Gasteiger partial charge in [-0.3, -0.25) is 4.79 Å². The van der Waals surface area contributed by atoms with Crippen LogP contribution in [-0.2, 0) is 17.9 Å². The summed E-state index contributed by atoms with van der Waals surface area (Å²) in [4.78, 5) is 12.2. The Morgan fingerprint density at radius 3 is 2.83 bits per heavy atom. The summed E-state index contributed by atoms with van der Waals surface area (Å²) in [6.07, 6.45) is 0.793. The van der Waals surface area contributed by atoms with Crippen molar-refractivity contribution in [2.45, 2.75) is 25.5 Å². The fourth-order valence-corrected chi connectivity index (χ4v) is 3.06. The van der Waals surface area contributed by atoms with E-state index >= 15 is 0 Å². The summed E-state index contributed by atoms with van der Waals surface area (Å²) in [5, 5.41) is 12.6. The van der Waals surface area contributed by atoms with Gasteiger partial charge in [0.1, 0.15) is 5.82 Å². The zero-order valence-corrected chi connectivity index (χ0v) is 13.2. The molecule has 120 valence electrons. The van der Waals surface area contributed by atoms with E-state index in [0.717, 1.165) is 17.5 Å². The largest absolute Gasteiger partial charge is 0.392 e. The Bertz CT molecular complexity index is 735. The van der Waals surface area contributed by atoms with Crippen LogP contribution in [-0.4, -0.2) is 11.0 Å². The molecule has 1 saturated carbocycles. The van der Waals surface area contributed by atoms with Crippen LogP contribution in [0.3, 0.4) is 0 Å². The highest BCUT2D eigenvalue weighted by atomic mass is 35.5. The maximum atomic E-state index is 13.3. The second-order valence-electron chi connectivity index (χ2n) is 5.77. The van der Waals surface area contributed by atoms with Crippen LogP contribution in [0.2, 0.25) is 5.02 Å². The molecule has 0 aliphatic heterocycles. The molecule has 1 amide bonds. The van der Waals surface area contributed by atoms with Crippen molar-refractivity contribution in [1.82, 2.24) is 5.32 Å². The minimum absolute atomic E-state index is 0.0233. The first kappa shape index (κ1) is 16.0. The average molecular weight is 334 g/mol. The van der Waals surface area contributed by atoms with Crippen molar-refractivity contribution in [1.29, 1.82) is 0 Å². The van der Waals surface area contributed by atoms with Crippen LogP contribution < -0.4 is 5.32 Å². The number of rotatable bonds is 5. The Morgan fingerprint density at radius 2 is 2.09 bits per heavy atom. The Kier molecular flexibility index (Phi) is 4.64. The first-order valence-electron chi connectivity index (χ1n) is 7.50. The van der Waals surface area contributed by atoms with Crippen LogP contribution in [0.25, 0.3) is 0 Å². The van der Waals surface area contributed by atoms with Crippen molar-refractivity contribution < 1.29 is 14.3 Å². The molecular weight excluding hydrogens is 317 g/mol. The number of carbonyl (C=O) groups excluding carboxylic acids is 1. The summed E-state index contributed by atoms with van der Waals surface area (Å²) in [6, 6.07) is 12.0. The van der Waals surface area contributed by atoms with Gasteiger partial charge in [-0.2, -0.15) is 0 Å². The predicted molar refractivity (Wildman–Crippen MR) is 86.5 cm³/mol. The fourth-order valence-electron chi connectivity index (χ4n) is 2.78. The van der Waals surface area contributed by atoms with Gasteiger partial charge in [0.05, 0.1) is 6.61 Å². The Hall–Kier alpha value is -1.91. The zero-order valence-electron chi connectivity index (χ0n) is 12.4. The van der Waals surface area contributed by atoms with Gasteiger partial charge in [-0.25, -0.2) is 4.39 Å². The quantitative estimate of drug-likeness (QED) is 0.881. The van der Waals surface area contributed by atoms with Gasteiger partial charge in [-0.1, -0.05) is 35.9 Å². The van der Waals surface area contributed by atoms with E-state index in [4.69, 9.17) is 16.7 Å². The number of aliphatic hydroxyl groups is 1. The monoisotopic (exact) mass is 333 g/mol. The summed E-state index contributed by atoms with van der Waals surface area (Å²) < 4.78 is 13.3. The molecule has 2 N–H and O–H groups in total. The van der Waals surface area contributed by atoms with E-state index in [1.807, 2.05) is 24.3 Å². The van der Waals surface area contributed by atoms with Gasteiger partial charge in [0.25, 0.3) is 0 Å². The third-order valence-electron chi connectivity index (χ3n) is 4.18. The van der Waals surface area contributed by atoms with E-state index in [1.54, 1.807) is 12.1 Å². The lowest BCUT2D eigenvalue weighted by atomic mass is 10.1. The summed E-state index contributed by atoms with van der Waals surface area (Å²) >= 11 is 6.16. The molecule has 1 fully saturated rings. The summed E-state index contributed by atoms with van der Waals surface area (Å²) in [5.41, 5.74) is 2.01. The van der Waals surface area contributed by atoms with E-state index in [1.165, 1.54) is 6.07 Å². The van der Waals surface area contributed by atoms with Crippen molar-refractivity contribution >= 4 is 17.5 Å². The number of benzene rings is 2. The highest BCUT2D eigenvalue weighted by molar-refractivity contribution is 6.31. The predicted octanol–water partition coefficient (Wildman–Crippen LogP) is 3.39. The normalized spacial score (nSPS) is 19.4. The number of hydrogen-bond donors (Lipinski definition) is 2. The van der Waals surface area contributed by atoms with Crippen LogP contribution in [0.4, 0.5) is 4.39 Å². The van der Waals surface area contributed by atoms with E-state index in [-0.39, 0.29) is 29.9 Å². The fraction of sp³-hybridized carbons (Fsp3) is 0.278. The molecule has 0 aromatic heterocycles. The summed E-state index contributed by atoms with van der Waals surface area (Å²) in [7, 11) is 0. The van der Waals surface area contributed by atoms with Crippen molar-refractivity contribution in [3.05, 3.63) is 70.0 Å². The number of amides is 1. The molecule has 3 rings (SSSR count). The number of halogens is 2. The summed E-state index contributed by atoms with van der Waals surface area (Å²) in [5.74, 6) is -0.356. The van der Waals surface area contributed by atoms with Crippen LogP contribution in [0.15, 0.2) is 42.5 Å². The van der Waals surface area contributed by atoms with Crippen LogP contribution in [0, 0.1) is 11.7 Å². The molecule has 0 bridgehead atoms. The second-order valence-corrected chi connectivity index (χ2v) is 6.18. The SMILES string of the molecule is O=C(NCc1ccc(F)c(CO)c1)C1CC1c1ccccc1Cl. The van der Waals surface area contributed by atoms with Gasteiger partial charge in [0.15, 0.2) is 0 Å². The van der Waals surface area contributed by atoms with Gasteiger partial charge in [0, 0.05) is 23.0 Å². The number of nitrogens with one attached hydrogen (secondary N) is 1. The smallest absolute Gasteiger partial charge is 0.224 e. The standard InChI is InChI=1S/C18H17ClFNO2/c19-16-4-2-1-3-13(16)14-8-15(14)18(23)21-9-11-5-6-17(20)12(7-11)10-22/h1-7,14-15,22H,8-10H2,(H,21,23). The van der Waals surface area contributed by atoms with Gasteiger partial charge in [0.2, 0.25) is 5.91 Å². The summed E-state index contributed by atoms with van der Waals surface area (Å²) in [6.45, 7) is -0.0390. The third-order valence-corrected chi connectivity index (χ3v) is 4.52. The number of aliphatic hydroxyl groups excluding tert-OH is 1. The van der Waals surface area contributed by atoms with Crippen molar-refractivity contribution in [3.63, 3.8) is 0 Å². The molecule has 1 aliphatic carbocycles. The van der Waals surface area contributed by atoms with Crippen LogP contribution in [0.5, 0.6) is 0 Å². The maximum Gasteiger partial charge on any atom is 0.224 e. The minimum atomic E-state index is -0.441. The molecule has 0 spiro atoms. The molecule has 0 saturated heterocycles. The Morgan fingerprint density at radius 1 is 1.30 bits per heavy atom. The minimum Gasteiger partial charge on any atom is -0.392 e. The first-order valence-corrected chi connectivity index (χ1v) is 7.88. The van der Waals surface area contributed by atoms with Crippen molar-refractivity contribution in [3.8, 4) is 0 Å². The Balaban J connectivity index is 1.58. The third kappa shape index (κ3) is 3.54. The first-order chi connectivity index (χ1) is 11.1. The van der Waals surface area contributed by atoms with Gasteiger partial charge in [-0.15, -0.1) is 0 Å². The number of carbonyl (C=O) groups is 1. The van der Waals surface area contributed by atoms with Crippen LogP contribution in [0.1, 0.15) is 29.0 Å². The lowest BCUT2D eigenvalue weighted by Crippen LogP contribution is -2.25. The van der Waals surface area contributed by atoms with E-state index in [2.05, 4.69) is 5.32 Å². The van der Waals surface area contributed by atoms with E-state index < -0.39 is 5.82 Å². The van der Waals surface area contributed by atoms with E-state index in [9.17, 15) is 9.18 Å². The molecular formula is C18H17ClFNO2. The van der Waals surface area contributed by atoms with E-state index in [0.29, 0.717) is 11.6 Å². The Labute approximate surface area is 139 Å². The molecule has 2 unspecified atom stereocenters. The molecule has 3 nitrogen and oxygen atoms in total. The molecule has 0 radical (unpaired) electrons. The molecule has 1 aliphatic rings. The maximum absolute atomic E-state index is 13.3. The van der Waals surface area contributed by atoms with Crippen molar-refractivity contribution in [2.24, 2.45) is 5.92 Å². The van der Waals surface area contributed by atoms with Crippen molar-refractivity contribution in [2.75, 3.05) is 0 Å². The number of hydrogen-bond acceptors (Lipinski definition) is 2. The lowest BCUT2D eigenvalue weighted by molar-refractivity contribution is -0.122. The molecule has 23 heavy (non-hydrogen) atoms. The van der Waals surface area contributed by atoms with Gasteiger partial charge in [-0.05, 0) is 41.7 Å². The highest BCUT2D eigenvalue weighted by Gasteiger charge is 2.44. The second kappa shape index (κ2) is 6.69. The van der Waals surface area contributed by atoms with Gasteiger partial charge < -0.3 is 10.4 Å². The zero-order chi connectivity index (χ0) is 16.4. The van der Waals surface area contributed by atoms with Gasteiger partial charge >= 0.3 is 0 Å². The molecule has 2 atom stereocenters. The average Bonchev–Trinajstić information content (AvgIpc) is 3.34. The molecule has 2 aromatic carbocycles. The molecule has 5 heteroatoms.